The summed E-state index contributed by atoms with van der Waals surface area (Å²) in [5, 5.41) is 18.2. The molecular formula is C19H22BrNO7. The van der Waals surface area contributed by atoms with Crippen molar-refractivity contribution in [2.24, 2.45) is 0 Å². The fourth-order valence-corrected chi connectivity index (χ4v) is 2.84. The first-order chi connectivity index (χ1) is 13.3. The lowest BCUT2D eigenvalue weighted by Crippen LogP contribution is -2.13. The van der Waals surface area contributed by atoms with Crippen molar-refractivity contribution in [3.8, 4) is 17.2 Å². The number of hydrogen-bond donors (Lipinski definition) is 3. The zero-order chi connectivity index (χ0) is 21.1. The van der Waals surface area contributed by atoms with Gasteiger partial charge in [0.15, 0.2) is 11.5 Å². The van der Waals surface area contributed by atoms with Crippen LogP contribution in [0.4, 0.5) is 0 Å². The van der Waals surface area contributed by atoms with E-state index in [0.717, 1.165) is 33.8 Å². The first-order valence-electron chi connectivity index (χ1n) is 8.03. The second-order valence-corrected chi connectivity index (χ2v) is 6.19. The predicted octanol–water partition coefficient (Wildman–Crippen LogP) is 2.92. The number of carbonyl (C=O) groups is 2. The maximum atomic E-state index is 9.10. The average Bonchev–Trinajstić information content (AvgIpc) is 2.68. The van der Waals surface area contributed by atoms with Crippen molar-refractivity contribution in [3.05, 3.63) is 52.0 Å². The molecule has 0 bridgehead atoms. The second-order valence-electron chi connectivity index (χ2n) is 5.34. The van der Waals surface area contributed by atoms with Crippen LogP contribution in [0.3, 0.4) is 0 Å². The van der Waals surface area contributed by atoms with Gasteiger partial charge < -0.3 is 29.7 Å². The lowest BCUT2D eigenvalue weighted by Gasteiger charge is -2.13. The van der Waals surface area contributed by atoms with E-state index in [0.29, 0.717) is 6.54 Å². The summed E-state index contributed by atoms with van der Waals surface area (Å²) in [4.78, 5) is 18.2. The Balaban J connectivity index is 0.000000568. The molecule has 0 radical (unpaired) electrons. The fourth-order valence-electron chi connectivity index (χ4n) is 2.25. The molecular weight excluding hydrogens is 434 g/mol. The number of ether oxygens (including phenoxy) is 3. The Hall–Kier alpha value is -2.78. The van der Waals surface area contributed by atoms with Crippen molar-refractivity contribution in [1.29, 1.82) is 0 Å². The third kappa shape index (κ3) is 7.09. The molecule has 0 aliphatic rings. The van der Waals surface area contributed by atoms with Gasteiger partial charge in [0.05, 0.1) is 25.8 Å². The number of hydrogen-bond acceptors (Lipinski definition) is 6. The van der Waals surface area contributed by atoms with Gasteiger partial charge in [0.1, 0.15) is 5.75 Å². The third-order valence-corrected chi connectivity index (χ3v) is 4.15. The molecule has 0 aliphatic heterocycles. The Labute approximate surface area is 171 Å². The lowest BCUT2D eigenvalue weighted by molar-refractivity contribution is -0.159. The Morgan fingerprint density at radius 1 is 0.929 bits per heavy atom. The SMILES string of the molecule is COc1ccc(CNCc2cccc(OC)c2OC)cc1Br.O=C(O)C(=O)O. The van der Waals surface area contributed by atoms with E-state index in [4.69, 9.17) is 34.0 Å². The highest BCUT2D eigenvalue weighted by Gasteiger charge is 2.09. The van der Waals surface area contributed by atoms with Crippen molar-refractivity contribution in [3.63, 3.8) is 0 Å². The molecule has 0 aliphatic carbocycles. The van der Waals surface area contributed by atoms with Crippen LogP contribution in [0, 0.1) is 0 Å². The summed E-state index contributed by atoms with van der Waals surface area (Å²) in [6.07, 6.45) is 0. The van der Waals surface area contributed by atoms with E-state index >= 15 is 0 Å². The molecule has 0 aromatic heterocycles. The van der Waals surface area contributed by atoms with Crippen molar-refractivity contribution in [1.82, 2.24) is 5.32 Å². The van der Waals surface area contributed by atoms with E-state index < -0.39 is 11.9 Å². The topological polar surface area (TPSA) is 114 Å². The van der Waals surface area contributed by atoms with E-state index in [1.165, 1.54) is 5.56 Å². The van der Waals surface area contributed by atoms with Crippen LogP contribution in [-0.4, -0.2) is 43.5 Å². The number of nitrogens with one attached hydrogen (secondary N) is 1. The molecule has 0 saturated heterocycles. The van der Waals surface area contributed by atoms with Crippen molar-refractivity contribution in [2.75, 3.05) is 21.3 Å². The van der Waals surface area contributed by atoms with Gasteiger partial charge in [-0.1, -0.05) is 18.2 Å². The number of methoxy groups -OCH3 is 3. The van der Waals surface area contributed by atoms with Crippen molar-refractivity contribution < 1.29 is 34.0 Å². The fraction of sp³-hybridized carbons (Fsp3) is 0.263. The van der Waals surface area contributed by atoms with E-state index in [9.17, 15) is 0 Å². The van der Waals surface area contributed by atoms with Crippen LogP contribution in [0.1, 0.15) is 11.1 Å². The highest BCUT2D eigenvalue weighted by molar-refractivity contribution is 9.10. The molecule has 0 atom stereocenters. The van der Waals surface area contributed by atoms with E-state index in [2.05, 4.69) is 27.3 Å². The summed E-state index contributed by atoms with van der Waals surface area (Å²) in [5.41, 5.74) is 2.24. The Morgan fingerprint density at radius 3 is 2.07 bits per heavy atom. The van der Waals surface area contributed by atoms with Gasteiger partial charge in [-0.2, -0.15) is 0 Å². The molecule has 2 aromatic rings. The minimum Gasteiger partial charge on any atom is -0.496 e. The van der Waals surface area contributed by atoms with Crippen molar-refractivity contribution >= 4 is 27.9 Å². The standard InChI is InChI=1S/C17H20BrNO3.C2H2O4/c1-20-15-8-7-12(9-14(15)18)10-19-11-13-5-4-6-16(21-2)17(13)22-3;3-1(4)2(5)6/h4-9,19H,10-11H2,1-3H3;(H,3,4)(H,5,6). The molecule has 152 valence electrons. The average molecular weight is 456 g/mol. The first kappa shape index (κ1) is 23.3. The molecule has 9 heteroatoms. The minimum atomic E-state index is -1.82. The highest BCUT2D eigenvalue weighted by atomic mass is 79.9. The normalized spacial score (nSPS) is 9.71. The number of aliphatic carboxylic acids is 2. The summed E-state index contributed by atoms with van der Waals surface area (Å²) in [6, 6.07) is 11.9. The van der Waals surface area contributed by atoms with E-state index in [-0.39, 0.29) is 0 Å². The van der Waals surface area contributed by atoms with Gasteiger partial charge >= 0.3 is 11.9 Å². The van der Waals surface area contributed by atoms with Crippen LogP contribution < -0.4 is 19.5 Å². The quantitative estimate of drug-likeness (QED) is 0.545. The zero-order valence-corrected chi connectivity index (χ0v) is 17.3. The maximum Gasteiger partial charge on any atom is 0.414 e. The number of para-hydroxylation sites is 1. The van der Waals surface area contributed by atoms with Gasteiger partial charge in [-0.15, -0.1) is 0 Å². The van der Waals surface area contributed by atoms with Crippen LogP contribution in [-0.2, 0) is 22.7 Å². The van der Waals surface area contributed by atoms with Gasteiger partial charge in [-0.25, -0.2) is 9.59 Å². The van der Waals surface area contributed by atoms with Gasteiger partial charge in [0.25, 0.3) is 0 Å². The largest absolute Gasteiger partial charge is 0.496 e. The van der Waals surface area contributed by atoms with Gasteiger partial charge in [0, 0.05) is 18.7 Å². The minimum absolute atomic E-state index is 0.698. The monoisotopic (exact) mass is 455 g/mol. The van der Waals surface area contributed by atoms with E-state index in [1.54, 1.807) is 21.3 Å². The molecule has 0 unspecified atom stereocenters. The predicted molar refractivity (Wildman–Crippen MR) is 106 cm³/mol. The molecule has 0 spiro atoms. The van der Waals surface area contributed by atoms with Gasteiger partial charge in [0.2, 0.25) is 0 Å². The van der Waals surface area contributed by atoms with Crippen LogP contribution in [0.15, 0.2) is 40.9 Å². The number of benzene rings is 2. The summed E-state index contributed by atoms with van der Waals surface area (Å²) >= 11 is 3.50. The van der Waals surface area contributed by atoms with Crippen LogP contribution in [0.2, 0.25) is 0 Å². The van der Waals surface area contributed by atoms with Crippen LogP contribution in [0.25, 0.3) is 0 Å². The molecule has 28 heavy (non-hydrogen) atoms. The molecule has 2 aromatic carbocycles. The zero-order valence-electron chi connectivity index (χ0n) is 15.7. The van der Waals surface area contributed by atoms with Crippen LogP contribution >= 0.6 is 15.9 Å². The Kier molecular flexibility index (Phi) is 9.83. The number of carboxylic acids is 2. The molecule has 0 saturated carbocycles. The van der Waals surface area contributed by atoms with Gasteiger partial charge in [-0.05, 0) is 39.7 Å². The maximum absolute atomic E-state index is 9.10. The van der Waals surface area contributed by atoms with Crippen molar-refractivity contribution in [2.45, 2.75) is 13.1 Å². The molecule has 3 N–H and O–H groups in total. The Morgan fingerprint density at radius 2 is 1.57 bits per heavy atom. The smallest absolute Gasteiger partial charge is 0.414 e. The molecule has 8 nitrogen and oxygen atoms in total. The highest BCUT2D eigenvalue weighted by Crippen LogP contribution is 2.30. The molecule has 0 fully saturated rings. The molecule has 0 amide bonds. The third-order valence-electron chi connectivity index (χ3n) is 3.53. The second kappa shape index (κ2) is 11.8. The lowest BCUT2D eigenvalue weighted by atomic mass is 10.1. The first-order valence-corrected chi connectivity index (χ1v) is 8.82. The number of halogens is 1. The summed E-state index contributed by atoms with van der Waals surface area (Å²) in [6.45, 7) is 1.45. The summed E-state index contributed by atoms with van der Waals surface area (Å²) in [5.74, 6) is -1.30. The molecule has 2 rings (SSSR count). The van der Waals surface area contributed by atoms with Gasteiger partial charge in [-0.3, -0.25) is 0 Å². The van der Waals surface area contributed by atoms with E-state index in [1.807, 2.05) is 30.3 Å². The number of carboxylic acid groups (broad SMARTS) is 2. The summed E-state index contributed by atoms with van der Waals surface area (Å²) in [7, 11) is 4.96. The van der Waals surface area contributed by atoms with Crippen LogP contribution in [0.5, 0.6) is 17.2 Å². The Bertz CT molecular complexity index is 799. The summed E-state index contributed by atoms with van der Waals surface area (Å²) < 4.78 is 16.9. The number of rotatable bonds is 7. The molecule has 0 heterocycles.